The summed E-state index contributed by atoms with van der Waals surface area (Å²) in [6.07, 6.45) is 10.4. The van der Waals surface area contributed by atoms with Gasteiger partial charge >= 0.3 is 16.1 Å². The van der Waals surface area contributed by atoms with E-state index in [0.717, 1.165) is 51.4 Å². The molecule has 0 aliphatic carbocycles. The Morgan fingerprint density at radius 3 is 2.08 bits per heavy atom. The molecule has 0 saturated carbocycles. The van der Waals surface area contributed by atoms with Crippen molar-refractivity contribution in [2.75, 3.05) is 6.61 Å². The van der Waals surface area contributed by atoms with Crippen molar-refractivity contribution in [3.8, 4) is 0 Å². The van der Waals surface area contributed by atoms with E-state index in [9.17, 15) is 13.2 Å². The van der Waals surface area contributed by atoms with Crippen LogP contribution >= 0.6 is 0 Å². The second-order valence-electron chi connectivity index (χ2n) is 6.70. The molecule has 0 aliphatic rings. The standard InChI is InChI=1S/C18H38NO5S/c1-4-7-9-10-11-12-14-17(25(21,22)24-19)18(20)23-15-16(6-3)13-8-5-2/h16-17H,4-15H2,1-3,19H3/q+1. The van der Waals surface area contributed by atoms with E-state index in [2.05, 4.69) is 31.0 Å². The lowest BCUT2D eigenvalue weighted by Crippen LogP contribution is -2.54. The third kappa shape index (κ3) is 10.8. The molecule has 0 amide bonds. The van der Waals surface area contributed by atoms with Crippen molar-refractivity contribution >= 4 is 16.1 Å². The highest BCUT2D eigenvalue weighted by Gasteiger charge is 2.36. The molecule has 0 rings (SSSR count). The summed E-state index contributed by atoms with van der Waals surface area (Å²) in [5.41, 5.74) is 0. The SMILES string of the molecule is CCCCCCCCC(C(=O)OCC(CC)CCCC)S(=O)(=O)O[NH3+]. The van der Waals surface area contributed by atoms with E-state index in [4.69, 9.17) is 4.74 Å². The fraction of sp³-hybridized carbons (Fsp3) is 0.944. The van der Waals surface area contributed by atoms with Gasteiger partial charge in [0.25, 0.3) is 0 Å². The number of carbonyl (C=O) groups excluding carboxylic acids is 1. The number of rotatable bonds is 16. The molecule has 25 heavy (non-hydrogen) atoms. The van der Waals surface area contributed by atoms with Crippen molar-refractivity contribution in [1.29, 1.82) is 0 Å². The van der Waals surface area contributed by atoms with Gasteiger partial charge in [0.1, 0.15) is 0 Å². The number of unbranched alkanes of at least 4 members (excludes halogenated alkanes) is 6. The van der Waals surface area contributed by atoms with Crippen LogP contribution in [0.3, 0.4) is 0 Å². The fourth-order valence-corrected chi connectivity index (χ4v) is 3.69. The van der Waals surface area contributed by atoms with Gasteiger partial charge in [-0.05, 0) is 18.8 Å². The first-order valence-corrected chi connectivity index (χ1v) is 11.2. The van der Waals surface area contributed by atoms with Gasteiger partial charge < -0.3 is 4.74 Å². The molecule has 2 atom stereocenters. The molecule has 0 aromatic rings. The molecule has 0 heterocycles. The van der Waals surface area contributed by atoms with E-state index in [0.29, 0.717) is 6.42 Å². The van der Waals surface area contributed by atoms with Crippen LogP contribution in [0.4, 0.5) is 0 Å². The molecule has 0 aromatic heterocycles. The molecule has 0 aromatic carbocycles. The van der Waals surface area contributed by atoms with Crippen molar-refractivity contribution in [2.24, 2.45) is 5.92 Å². The summed E-state index contributed by atoms with van der Waals surface area (Å²) in [4.78, 5) is 12.3. The second-order valence-corrected chi connectivity index (χ2v) is 8.49. The Hall–Kier alpha value is -0.660. The first kappa shape index (κ1) is 24.3. The molecule has 0 radical (unpaired) electrons. The van der Waals surface area contributed by atoms with Crippen LogP contribution < -0.4 is 5.90 Å². The Bertz CT molecular complexity index is 439. The molecule has 150 valence electrons. The van der Waals surface area contributed by atoms with Crippen LogP contribution in [0.2, 0.25) is 0 Å². The summed E-state index contributed by atoms with van der Waals surface area (Å²) < 4.78 is 33.7. The van der Waals surface area contributed by atoms with Gasteiger partial charge in [-0.3, -0.25) is 4.79 Å². The number of hydrogen-bond donors (Lipinski definition) is 1. The zero-order valence-electron chi connectivity index (χ0n) is 16.3. The van der Waals surface area contributed by atoms with Gasteiger partial charge in [-0.25, -0.2) is 0 Å². The highest BCUT2D eigenvalue weighted by atomic mass is 32.2. The molecule has 0 saturated heterocycles. The van der Waals surface area contributed by atoms with Crippen LogP contribution in [0.15, 0.2) is 0 Å². The van der Waals surface area contributed by atoms with Crippen molar-refractivity contribution < 1.29 is 28.1 Å². The number of quaternary nitrogens is 1. The van der Waals surface area contributed by atoms with E-state index >= 15 is 0 Å². The summed E-state index contributed by atoms with van der Waals surface area (Å²) in [5, 5.41) is -1.26. The van der Waals surface area contributed by atoms with Crippen LogP contribution in [-0.4, -0.2) is 26.2 Å². The topological polar surface area (TPSA) is 97.3 Å². The van der Waals surface area contributed by atoms with Crippen LogP contribution in [0.5, 0.6) is 0 Å². The predicted molar refractivity (Wildman–Crippen MR) is 98.9 cm³/mol. The van der Waals surface area contributed by atoms with Crippen LogP contribution in [0, 0.1) is 5.92 Å². The van der Waals surface area contributed by atoms with E-state index in [-0.39, 0.29) is 18.9 Å². The maximum absolute atomic E-state index is 12.3. The zero-order chi connectivity index (χ0) is 19.1. The molecule has 3 N–H and O–H groups in total. The lowest BCUT2D eigenvalue weighted by Gasteiger charge is -2.18. The predicted octanol–water partition coefficient (Wildman–Crippen LogP) is 3.37. The third-order valence-electron chi connectivity index (χ3n) is 4.60. The smallest absolute Gasteiger partial charge is 0.327 e. The van der Waals surface area contributed by atoms with E-state index in [1.165, 1.54) is 6.42 Å². The zero-order valence-corrected chi connectivity index (χ0v) is 17.1. The van der Waals surface area contributed by atoms with E-state index in [1.54, 1.807) is 0 Å². The molecule has 6 nitrogen and oxygen atoms in total. The molecule has 7 heteroatoms. The van der Waals surface area contributed by atoms with Crippen molar-refractivity contribution in [3.05, 3.63) is 0 Å². The summed E-state index contributed by atoms with van der Waals surface area (Å²) >= 11 is 0. The Balaban J connectivity index is 4.52. The van der Waals surface area contributed by atoms with Gasteiger partial charge in [-0.15, -0.1) is 0 Å². The number of carbonyl (C=O) groups is 1. The van der Waals surface area contributed by atoms with Crippen LogP contribution in [-0.2, 0) is 23.9 Å². The number of ether oxygens (including phenoxy) is 1. The lowest BCUT2D eigenvalue weighted by atomic mass is 10.0. The van der Waals surface area contributed by atoms with Crippen LogP contribution in [0.1, 0.15) is 91.4 Å². The summed E-state index contributed by atoms with van der Waals surface area (Å²) in [6, 6.07) is 0. The first-order chi connectivity index (χ1) is 11.9. The fourth-order valence-electron chi connectivity index (χ4n) is 2.76. The largest absolute Gasteiger partial charge is 0.464 e. The minimum Gasteiger partial charge on any atom is -0.464 e. The van der Waals surface area contributed by atoms with Crippen molar-refractivity contribution in [1.82, 2.24) is 0 Å². The summed E-state index contributed by atoms with van der Waals surface area (Å²) in [7, 11) is -4.01. The quantitative estimate of drug-likeness (QED) is 0.251. The van der Waals surface area contributed by atoms with Crippen molar-refractivity contribution in [2.45, 2.75) is 96.7 Å². The monoisotopic (exact) mass is 380 g/mol. The average molecular weight is 381 g/mol. The lowest BCUT2D eigenvalue weighted by molar-refractivity contribution is -0.635. The van der Waals surface area contributed by atoms with Gasteiger partial charge in [0.15, 0.2) is 5.25 Å². The maximum atomic E-state index is 12.3. The van der Waals surface area contributed by atoms with E-state index in [1.807, 2.05) is 0 Å². The minimum absolute atomic E-state index is 0.231. The third-order valence-corrected chi connectivity index (χ3v) is 6.05. The van der Waals surface area contributed by atoms with Gasteiger partial charge in [-0.2, -0.15) is 14.3 Å². The van der Waals surface area contributed by atoms with Gasteiger partial charge in [-0.1, -0.05) is 82.8 Å². The van der Waals surface area contributed by atoms with Crippen LogP contribution in [0.25, 0.3) is 0 Å². The Kier molecular flexibility index (Phi) is 14.1. The average Bonchev–Trinajstić information content (AvgIpc) is 2.60. The minimum atomic E-state index is -4.01. The molecule has 0 aliphatic heterocycles. The van der Waals surface area contributed by atoms with Gasteiger partial charge in [0.05, 0.1) is 6.61 Å². The Labute approximate surface area is 153 Å². The highest BCUT2D eigenvalue weighted by molar-refractivity contribution is 7.88. The van der Waals surface area contributed by atoms with E-state index < -0.39 is 21.3 Å². The molecule has 0 fully saturated rings. The molecule has 0 bridgehead atoms. The normalized spacial score (nSPS) is 14.2. The summed E-state index contributed by atoms with van der Waals surface area (Å²) in [5.74, 6) is 2.56. The second kappa shape index (κ2) is 14.5. The molecular weight excluding hydrogens is 342 g/mol. The maximum Gasteiger partial charge on any atom is 0.327 e. The van der Waals surface area contributed by atoms with Gasteiger partial charge in [0, 0.05) is 0 Å². The highest BCUT2D eigenvalue weighted by Crippen LogP contribution is 2.18. The molecular formula is C18H38NO5S+. The molecule has 2 unspecified atom stereocenters. The molecule has 0 spiro atoms. The summed E-state index contributed by atoms with van der Waals surface area (Å²) in [6.45, 7) is 6.59. The van der Waals surface area contributed by atoms with Gasteiger partial charge in [0.2, 0.25) is 0 Å². The number of esters is 1. The Morgan fingerprint density at radius 2 is 1.52 bits per heavy atom. The first-order valence-electron chi connectivity index (χ1n) is 9.76. The Morgan fingerprint density at radius 1 is 0.920 bits per heavy atom. The number of hydrogen-bond acceptors (Lipinski definition) is 5. The van der Waals surface area contributed by atoms with Crippen molar-refractivity contribution in [3.63, 3.8) is 0 Å².